The summed E-state index contributed by atoms with van der Waals surface area (Å²) in [5.74, 6) is 1.61. The molecule has 1 saturated heterocycles. The van der Waals surface area contributed by atoms with Gasteiger partial charge in [-0.05, 0) is 17.5 Å². The van der Waals surface area contributed by atoms with Gasteiger partial charge in [0.2, 0.25) is 11.9 Å². The zero-order valence-corrected chi connectivity index (χ0v) is 21.5. The molecule has 1 amide bonds. The van der Waals surface area contributed by atoms with Crippen LogP contribution in [0.2, 0.25) is 0 Å². The molecule has 0 bridgehead atoms. The Labute approximate surface area is 205 Å². The van der Waals surface area contributed by atoms with Gasteiger partial charge in [0.05, 0.1) is 0 Å². The molecule has 0 saturated carbocycles. The minimum atomic E-state index is 0. The van der Waals surface area contributed by atoms with Gasteiger partial charge in [-0.25, -0.2) is 9.97 Å². The van der Waals surface area contributed by atoms with E-state index in [2.05, 4.69) is 61.9 Å². The number of guanidine groups is 1. The van der Waals surface area contributed by atoms with Crippen molar-refractivity contribution in [2.24, 2.45) is 4.99 Å². The Bertz CT molecular complexity index is 822. The summed E-state index contributed by atoms with van der Waals surface area (Å²) in [5.41, 5.74) is 0.0176. The fourth-order valence-electron chi connectivity index (χ4n) is 3.33. The third-order valence-corrected chi connectivity index (χ3v) is 6.44. The van der Waals surface area contributed by atoms with E-state index in [0.29, 0.717) is 26.1 Å². The number of halogens is 1. The largest absolute Gasteiger partial charge is 0.356 e. The zero-order chi connectivity index (χ0) is 21.4. The van der Waals surface area contributed by atoms with Crippen molar-refractivity contribution in [2.45, 2.75) is 25.7 Å². The zero-order valence-electron chi connectivity index (χ0n) is 18.4. The molecule has 170 valence electrons. The second kappa shape index (κ2) is 12.2. The van der Waals surface area contributed by atoms with Crippen LogP contribution in [0, 0.1) is 0 Å². The first-order valence-electron chi connectivity index (χ1n) is 10.3. The molecule has 0 aromatic carbocycles. The molecule has 1 fully saturated rings. The molecule has 8 nitrogen and oxygen atoms in total. The Kier molecular flexibility index (Phi) is 9.94. The van der Waals surface area contributed by atoms with Crippen LogP contribution < -0.4 is 15.5 Å². The van der Waals surface area contributed by atoms with Crippen LogP contribution in [-0.2, 0) is 10.2 Å². The van der Waals surface area contributed by atoms with Crippen LogP contribution in [0.4, 0.5) is 5.95 Å². The molecule has 3 rings (SSSR count). The summed E-state index contributed by atoms with van der Waals surface area (Å²) in [7, 11) is 1.75. The number of hydrogen-bond donors (Lipinski definition) is 2. The van der Waals surface area contributed by atoms with Crippen LogP contribution in [0.25, 0.3) is 0 Å². The molecule has 3 heterocycles. The van der Waals surface area contributed by atoms with Gasteiger partial charge in [-0.2, -0.15) is 0 Å². The van der Waals surface area contributed by atoms with E-state index >= 15 is 0 Å². The fraction of sp³-hybridized carbons (Fsp3) is 0.524. The Morgan fingerprint density at radius 3 is 2.48 bits per heavy atom. The van der Waals surface area contributed by atoms with E-state index in [1.54, 1.807) is 30.8 Å². The highest BCUT2D eigenvalue weighted by molar-refractivity contribution is 14.0. The molecule has 2 aromatic rings. The van der Waals surface area contributed by atoms with Crippen molar-refractivity contribution in [1.29, 1.82) is 0 Å². The van der Waals surface area contributed by atoms with Crippen molar-refractivity contribution in [1.82, 2.24) is 25.5 Å². The second-order valence-corrected chi connectivity index (χ2v) is 8.83. The highest BCUT2D eigenvalue weighted by Crippen LogP contribution is 2.26. The number of amides is 1. The van der Waals surface area contributed by atoms with Gasteiger partial charge in [0, 0.05) is 75.4 Å². The Hall–Kier alpha value is -1.95. The minimum Gasteiger partial charge on any atom is -0.356 e. The lowest BCUT2D eigenvalue weighted by atomic mass is 9.91. The molecular weight excluding hydrogens is 525 g/mol. The maximum absolute atomic E-state index is 12.6. The standard InChI is InChI=1S/C21H31N7OS.HI/c1-21(2,17-6-4-15-30-17)16-26-19(22-3)23-10-7-18(29)27-11-13-28(14-12-27)20-24-8-5-9-25-20;/h4-6,8-9,15H,7,10-14,16H2,1-3H3,(H2,22,23,26);1H. The van der Waals surface area contributed by atoms with Gasteiger partial charge in [0.15, 0.2) is 5.96 Å². The number of hydrogen-bond acceptors (Lipinski definition) is 6. The summed E-state index contributed by atoms with van der Waals surface area (Å²) >= 11 is 1.76. The van der Waals surface area contributed by atoms with Gasteiger partial charge in [0.25, 0.3) is 0 Å². The van der Waals surface area contributed by atoms with E-state index in [4.69, 9.17) is 0 Å². The van der Waals surface area contributed by atoms with Crippen molar-refractivity contribution in [3.05, 3.63) is 40.8 Å². The summed E-state index contributed by atoms with van der Waals surface area (Å²) in [6.45, 7) is 8.64. The number of aliphatic imine (C=N–C) groups is 1. The number of rotatable bonds is 7. The van der Waals surface area contributed by atoms with E-state index in [-0.39, 0.29) is 35.3 Å². The van der Waals surface area contributed by atoms with Crippen LogP contribution >= 0.6 is 35.3 Å². The number of carbonyl (C=O) groups excluding carboxylic acids is 1. The summed E-state index contributed by atoms with van der Waals surface area (Å²) < 4.78 is 0. The summed E-state index contributed by atoms with van der Waals surface area (Å²) in [6, 6.07) is 6.04. The van der Waals surface area contributed by atoms with Crippen LogP contribution in [-0.4, -0.2) is 73.1 Å². The third-order valence-electron chi connectivity index (χ3n) is 5.21. The molecule has 2 aromatic heterocycles. The van der Waals surface area contributed by atoms with Gasteiger partial charge >= 0.3 is 0 Å². The first-order valence-corrected chi connectivity index (χ1v) is 11.2. The van der Waals surface area contributed by atoms with Crippen molar-refractivity contribution >= 4 is 53.1 Å². The normalized spacial score (nSPS) is 14.7. The maximum atomic E-state index is 12.6. The number of anilines is 1. The van der Waals surface area contributed by atoms with Crippen molar-refractivity contribution in [3.8, 4) is 0 Å². The SMILES string of the molecule is CN=C(NCCC(=O)N1CCN(c2ncccn2)CC1)NCC(C)(C)c1cccs1.I. The molecular formula is C21H32IN7OS. The topological polar surface area (TPSA) is 85.8 Å². The first kappa shape index (κ1) is 25.3. The third kappa shape index (κ3) is 7.30. The smallest absolute Gasteiger partial charge is 0.225 e. The number of nitrogens with zero attached hydrogens (tertiary/aromatic N) is 5. The number of aromatic nitrogens is 2. The predicted octanol–water partition coefficient (Wildman–Crippen LogP) is 2.34. The second-order valence-electron chi connectivity index (χ2n) is 7.88. The van der Waals surface area contributed by atoms with Crippen molar-refractivity contribution in [3.63, 3.8) is 0 Å². The van der Waals surface area contributed by atoms with Crippen molar-refractivity contribution < 1.29 is 4.79 Å². The molecule has 0 unspecified atom stereocenters. The van der Waals surface area contributed by atoms with Crippen LogP contribution in [0.1, 0.15) is 25.1 Å². The van der Waals surface area contributed by atoms with E-state index in [1.807, 2.05) is 11.0 Å². The average Bonchev–Trinajstić information content (AvgIpc) is 3.33. The van der Waals surface area contributed by atoms with Gasteiger partial charge in [-0.15, -0.1) is 35.3 Å². The van der Waals surface area contributed by atoms with E-state index < -0.39 is 0 Å². The van der Waals surface area contributed by atoms with Crippen LogP contribution in [0.15, 0.2) is 41.0 Å². The summed E-state index contributed by atoms with van der Waals surface area (Å²) in [4.78, 5) is 30.8. The Balaban J connectivity index is 0.00000341. The lowest BCUT2D eigenvalue weighted by Crippen LogP contribution is -2.50. The number of carbonyl (C=O) groups is 1. The summed E-state index contributed by atoms with van der Waals surface area (Å²) in [6.07, 6.45) is 3.93. The highest BCUT2D eigenvalue weighted by atomic mass is 127. The maximum Gasteiger partial charge on any atom is 0.225 e. The number of piperazine rings is 1. The Morgan fingerprint density at radius 1 is 1.16 bits per heavy atom. The molecule has 2 N–H and O–H groups in total. The van der Waals surface area contributed by atoms with E-state index in [1.165, 1.54) is 4.88 Å². The monoisotopic (exact) mass is 557 g/mol. The van der Waals surface area contributed by atoms with E-state index in [9.17, 15) is 4.79 Å². The molecule has 31 heavy (non-hydrogen) atoms. The molecule has 0 atom stereocenters. The lowest BCUT2D eigenvalue weighted by Gasteiger charge is -2.34. The van der Waals surface area contributed by atoms with Gasteiger partial charge < -0.3 is 20.4 Å². The minimum absolute atomic E-state index is 0. The molecule has 10 heteroatoms. The van der Waals surface area contributed by atoms with Crippen LogP contribution in [0.5, 0.6) is 0 Å². The number of nitrogens with one attached hydrogen (secondary N) is 2. The molecule has 0 spiro atoms. The van der Waals surface area contributed by atoms with Crippen molar-refractivity contribution in [2.75, 3.05) is 51.2 Å². The molecule has 0 aliphatic carbocycles. The van der Waals surface area contributed by atoms with Gasteiger partial charge in [-0.3, -0.25) is 9.79 Å². The van der Waals surface area contributed by atoms with Gasteiger partial charge in [0.1, 0.15) is 0 Å². The van der Waals surface area contributed by atoms with Crippen LogP contribution in [0.3, 0.4) is 0 Å². The number of thiophene rings is 1. The first-order chi connectivity index (χ1) is 14.5. The molecule has 0 radical (unpaired) electrons. The molecule has 1 aliphatic rings. The summed E-state index contributed by atoms with van der Waals surface area (Å²) in [5, 5.41) is 8.73. The Morgan fingerprint density at radius 2 is 1.87 bits per heavy atom. The molecule has 1 aliphatic heterocycles. The lowest BCUT2D eigenvalue weighted by molar-refractivity contribution is -0.131. The predicted molar refractivity (Wildman–Crippen MR) is 138 cm³/mol. The highest BCUT2D eigenvalue weighted by Gasteiger charge is 2.23. The van der Waals surface area contributed by atoms with E-state index in [0.717, 1.165) is 31.5 Å². The fourth-order valence-corrected chi connectivity index (χ4v) is 4.18. The quantitative estimate of drug-likeness (QED) is 0.309. The average molecular weight is 558 g/mol. The van der Waals surface area contributed by atoms with Gasteiger partial charge in [-0.1, -0.05) is 19.9 Å².